The van der Waals surface area contributed by atoms with Crippen LogP contribution in [-0.2, 0) is 11.2 Å². The molecule has 2 rings (SSSR count). The zero-order valence-corrected chi connectivity index (χ0v) is 11.9. The van der Waals surface area contributed by atoms with Crippen LogP contribution in [0, 0.1) is 12.3 Å². The fraction of sp³-hybridized carbons (Fsp3) is 0.667. The third-order valence-corrected chi connectivity index (χ3v) is 5.37. The number of thiophene rings is 1. The summed E-state index contributed by atoms with van der Waals surface area (Å²) in [5, 5.41) is 11.3. The normalized spacial score (nSPS) is 18.7. The van der Waals surface area contributed by atoms with Crippen molar-refractivity contribution < 1.29 is 9.90 Å². The summed E-state index contributed by atoms with van der Waals surface area (Å²) in [6.07, 6.45) is 8.34. The first-order valence-corrected chi connectivity index (χ1v) is 7.74. The van der Waals surface area contributed by atoms with Crippen LogP contribution in [-0.4, -0.2) is 11.1 Å². The van der Waals surface area contributed by atoms with E-state index in [0.717, 1.165) is 25.7 Å². The van der Waals surface area contributed by atoms with Gasteiger partial charge in [0.15, 0.2) is 0 Å². The fourth-order valence-electron chi connectivity index (χ4n) is 3.18. The Balaban J connectivity index is 2.01. The van der Waals surface area contributed by atoms with E-state index in [1.54, 1.807) is 0 Å². The topological polar surface area (TPSA) is 37.3 Å². The molecule has 3 heteroatoms. The Kier molecular flexibility index (Phi) is 4.44. The lowest BCUT2D eigenvalue weighted by molar-refractivity contribution is -0.140. The highest BCUT2D eigenvalue weighted by Gasteiger charge is 2.34. The monoisotopic (exact) mass is 266 g/mol. The summed E-state index contributed by atoms with van der Waals surface area (Å²) >= 11 is 1.81. The Bertz CT molecular complexity index is 402. The van der Waals surface area contributed by atoms with Crippen LogP contribution in [0.1, 0.15) is 55.4 Å². The largest absolute Gasteiger partial charge is 0.481 e. The van der Waals surface area contributed by atoms with Crippen molar-refractivity contribution >= 4 is 17.3 Å². The molecule has 0 bridgehead atoms. The molecule has 2 nitrogen and oxygen atoms in total. The van der Waals surface area contributed by atoms with Crippen molar-refractivity contribution in [2.24, 2.45) is 5.41 Å². The van der Waals surface area contributed by atoms with E-state index in [9.17, 15) is 4.79 Å². The van der Waals surface area contributed by atoms with Gasteiger partial charge in [0.2, 0.25) is 0 Å². The van der Waals surface area contributed by atoms with E-state index < -0.39 is 5.97 Å². The standard InChI is InChI=1S/C15H22O2S/c1-12-6-10-18-13(12)5-9-15(11-14(16)17)7-3-2-4-8-15/h6,10H,2-5,7-9,11H2,1H3,(H,16,17). The second kappa shape index (κ2) is 5.87. The smallest absolute Gasteiger partial charge is 0.303 e. The average molecular weight is 266 g/mol. The number of carboxylic acid groups (broad SMARTS) is 1. The first kappa shape index (κ1) is 13.6. The summed E-state index contributed by atoms with van der Waals surface area (Å²) in [6.45, 7) is 2.15. The number of hydrogen-bond donors (Lipinski definition) is 1. The van der Waals surface area contributed by atoms with Gasteiger partial charge in [0, 0.05) is 4.88 Å². The molecule has 1 aliphatic rings. The molecule has 0 spiro atoms. The maximum atomic E-state index is 11.1. The van der Waals surface area contributed by atoms with Gasteiger partial charge in [-0.15, -0.1) is 11.3 Å². The van der Waals surface area contributed by atoms with E-state index in [2.05, 4.69) is 18.4 Å². The molecule has 1 fully saturated rings. The molecule has 0 aromatic carbocycles. The van der Waals surface area contributed by atoms with E-state index in [1.165, 1.54) is 29.7 Å². The van der Waals surface area contributed by atoms with Crippen LogP contribution in [0.15, 0.2) is 11.4 Å². The molecule has 1 saturated carbocycles. The number of aryl methyl sites for hydroxylation is 2. The second-order valence-electron chi connectivity index (χ2n) is 5.66. The third kappa shape index (κ3) is 3.35. The van der Waals surface area contributed by atoms with Crippen molar-refractivity contribution in [3.8, 4) is 0 Å². The van der Waals surface area contributed by atoms with E-state index in [1.807, 2.05) is 11.3 Å². The highest BCUT2D eigenvalue weighted by molar-refractivity contribution is 7.10. The maximum absolute atomic E-state index is 11.1. The SMILES string of the molecule is Cc1ccsc1CCC1(CC(=O)O)CCCCC1. The minimum Gasteiger partial charge on any atom is -0.481 e. The van der Waals surface area contributed by atoms with Crippen LogP contribution in [0.3, 0.4) is 0 Å². The molecular weight excluding hydrogens is 244 g/mol. The second-order valence-corrected chi connectivity index (χ2v) is 6.66. The summed E-state index contributed by atoms with van der Waals surface area (Å²) in [6, 6.07) is 2.16. The minimum atomic E-state index is -0.625. The third-order valence-electron chi connectivity index (χ3n) is 4.29. The summed E-state index contributed by atoms with van der Waals surface area (Å²) in [5.74, 6) is -0.625. The average Bonchev–Trinajstić information content (AvgIpc) is 2.73. The molecule has 0 aliphatic heterocycles. The van der Waals surface area contributed by atoms with Gasteiger partial charge >= 0.3 is 5.97 Å². The zero-order valence-electron chi connectivity index (χ0n) is 11.1. The molecule has 100 valence electrons. The molecule has 0 unspecified atom stereocenters. The summed E-state index contributed by atoms with van der Waals surface area (Å²) in [7, 11) is 0. The van der Waals surface area contributed by atoms with Crippen LogP contribution in [0.25, 0.3) is 0 Å². The molecule has 1 aromatic rings. The minimum absolute atomic E-state index is 0.0700. The van der Waals surface area contributed by atoms with Crippen molar-refractivity contribution in [3.63, 3.8) is 0 Å². The van der Waals surface area contributed by atoms with Crippen molar-refractivity contribution in [1.29, 1.82) is 0 Å². The fourth-order valence-corrected chi connectivity index (χ4v) is 4.09. The van der Waals surface area contributed by atoms with Crippen molar-refractivity contribution in [2.45, 2.75) is 58.3 Å². The van der Waals surface area contributed by atoms with Gasteiger partial charge in [-0.1, -0.05) is 19.3 Å². The van der Waals surface area contributed by atoms with Gasteiger partial charge in [0.05, 0.1) is 6.42 Å². The van der Waals surface area contributed by atoms with Gasteiger partial charge in [0.25, 0.3) is 0 Å². The summed E-state index contributed by atoms with van der Waals surface area (Å²) in [4.78, 5) is 12.5. The van der Waals surface area contributed by atoms with E-state index in [-0.39, 0.29) is 5.41 Å². The summed E-state index contributed by atoms with van der Waals surface area (Å²) in [5.41, 5.74) is 1.43. The Labute approximate surface area is 113 Å². The molecule has 0 radical (unpaired) electrons. The molecular formula is C15H22O2S. The number of aliphatic carboxylic acids is 1. The molecule has 1 aromatic heterocycles. The van der Waals surface area contributed by atoms with Crippen LogP contribution >= 0.6 is 11.3 Å². The van der Waals surface area contributed by atoms with Gasteiger partial charge < -0.3 is 5.11 Å². The van der Waals surface area contributed by atoms with Crippen molar-refractivity contribution in [1.82, 2.24) is 0 Å². The molecule has 0 amide bonds. The number of hydrogen-bond acceptors (Lipinski definition) is 2. The Morgan fingerprint density at radius 2 is 2.11 bits per heavy atom. The van der Waals surface area contributed by atoms with Crippen LogP contribution in [0.5, 0.6) is 0 Å². The Morgan fingerprint density at radius 3 is 2.67 bits per heavy atom. The van der Waals surface area contributed by atoms with Crippen LogP contribution < -0.4 is 0 Å². The molecule has 1 heterocycles. The van der Waals surface area contributed by atoms with Gasteiger partial charge in [-0.05, 0) is 55.0 Å². The Hall–Kier alpha value is -0.830. The highest BCUT2D eigenvalue weighted by atomic mass is 32.1. The number of rotatable bonds is 5. The summed E-state index contributed by atoms with van der Waals surface area (Å²) < 4.78 is 0. The zero-order chi connectivity index (χ0) is 13.0. The lowest BCUT2D eigenvalue weighted by Gasteiger charge is -2.36. The first-order valence-electron chi connectivity index (χ1n) is 6.86. The lowest BCUT2D eigenvalue weighted by Crippen LogP contribution is -2.28. The van der Waals surface area contributed by atoms with E-state index in [0.29, 0.717) is 6.42 Å². The first-order chi connectivity index (χ1) is 8.61. The molecule has 18 heavy (non-hydrogen) atoms. The van der Waals surface area contributed by atoms with Crippen LogP contribution in [0.4, 0.5) is 0 Å². The Morgan fingerprint density at radius 1 is 1.39 bits per heavy atom. The van der Waals surface area contributed by atoms with E-state index >= 15 is 0 Å². The predicted molar refractivity (Wildman–Crippen MR) is 75.1 cm³/mol. The van der Waals surface area contributed by atoms with Gasteiger partial charge in [0.1, 0.15) is 0 Å². The lowest BCUT2D eigenvalue weighted by atomic mass is 9.69. The van der Waals surface area contributed by atoms with E-state index in [4.69, 9.17) is 5.11 Å². The van der Waals surface area contributed by atoms with Crippen molar-refractivity contribution in [3.05, 3.63) is 21.9 Å². The van der Waals surface area contributed by atoms with Gasteiger partial charge in [-0.3, -0.25) is 4.79 Å². The predicted octanol–water partition coefficient (Wildman–Crippen LogP) is 4.41. The van der Waals surface area contributed by atoms with Crippen LogP contribution in [0.2, 0.25) is 0 Å². The van der Waals surface area contributed by atoms with Crippen molar-refractivity contribution in [2.75, 3.05) is 0 Å². The molecule has 1 N–H and O–H groups in total. The highest BCUT2D eigenvalue weighted by Crippen LogP contribution is 2.43. The van der Waals surface area contributed by atoms with Gasteiger partial charge in [-0.25, -0.2) is 0 Å². The maximum Gasteiger partial charge on any atom is 0.303 e. The molecule has 1 aliphatic carbocycles. The number of carboxylic acids is 1. The van der Waals surface area contributed by atoms with Gasteiger partial charge in [-0.2, -0.15) is 0 Å². The molecule has 0 atom stereocenters. The molecule has 0 saturated heterocycles. The number of carbonyl (C=O) groups is 1. The quantitative estimate of drug-likeness (QED) is 0.857.